The maximum absolute atomic E-state index is 6.16. The lowest BCUT2D eigenvalue weighted by molar-refractivity contribution is 0.664. The Labute approximate surface area is 106 Å². The van der Waals surface area contributed by atoms with Crippen LogP contribution in [0.2, 0.25) is 5.15 Å². The molecule has 0 aliphatic rings. The molecule has 88 valence electrons. The second-order valence-electron chi connectivity index (χ2n) is 4.08. The zero-order valence-electron chi connectivity index (χ0n) is 9.38. The molecule has 0 atom stereocenters. The van der Waals surface area contributed by atoms with Gasteiger partial charge in [0, 0.05) is 5.39 Å². The van der Waals surface area contributed by atoms with E-state index in [9.17, 15) is 0 Å². The fourth-order valence-electron chi connectivity index (χ4n) is 2.18. The van der Waals surface area contributed by atoms with E-state index >= 15 is 0 Å². The first kappa shape index (κ1) is 9.85. The van der Waals surface area contributed by atoms with Crippen molar-refractivity contribution in [3.63, 3.8) is 0 Å². The molecule has 0 unspecified atom stereocenters. The van der Waals surface area contributed by atoms with Crippen molar-refractivity contribution in [3.05, 3.63) is 35.2 Å². The van der Waals surface area contributed by atoms with E-state index in [0.29, 0.717) is 22.2 Å². The van der Waals surface area contributed by atoms with Gasteiger partial charge in [-0.1, -0.05) is 29.8 Å². The average Bonchev–Trinajstić information content (AvgIpc) is 2.92. The fourth-order valence-corrected chi connectivity index (χ4v) is 2.39. The second-order valence-corrected chi connectivity index (χ2v) is 4.43. The van der Waals surface area contributed by atoms with Crippen molar-refractivity contribution in [2.75, 3.05) is 0 Å². The molecule has 0 aliphatic carbocycles. The van der Waals surface area contributed by atoms with Crippen LogP contribution >= 0.6 is 11.6 Å². The van der Waals surface area contributed by atoms with Gasteiger partial charge in [-0.25, -0.2) is 0 Å². The van der Waals surface area contributed by atoms with Crippen LogP contribution in [0.25, 0.3) is 27.6 Å². The molecule has 0 aliphatic heterocycles. The van der Waals surface area contributed by atoms with E-state index in [1.807, 2.05) is 31.2 Å². The number of para-hydroxylation sites is 1. The quantitative estimate of drug-likeness (QED) is 0.487. The van der Waals surface area contributed by atoms with Gasteiger partial charge in [0.05, 0.1) is 5.39 Å². The molecule has 0 amide bonds. The molecule has 6 heteroatoms. The molecule has 0 radical (unpaired) electrons. The van der Waals surface area contributed by atoms with Gasteiger partial charge in [-0.15, -0.1) is 15.3 Å². The van der Waals surface area contributed by atoms with E-state index in [2.05, 4.69) is 15.3 Å². The summed E-state index contributed by atoms with van der Waals surface area (Å²) in [7, 11) is 0. The molecule has 0 spiro atoms. The van der Waals surface area contributed by atoms with E-state index in [1.54, 1.807) is 4.52 Å². The summed E-state index contributed by atoms with van der Waals surface area (Å²) in [6.07, 6.45) is 0. The van der Waals surface area contributed by atoms with Crippen molar-refractivity contribution < 1.29 is 4.42 Å². The van der Waals surface area contributed by atoms with E-state index < -0.39 is 0 Å². The van der Waals surface area contributed by atoms with Crippen molar-refractivity contribution in [2.24, 2.45) is 0 Å². The molecule has 0 saturated heterocycles. The average molecular weight is 259 g/mol. The Bertz CT molecular complexity index is 909. The van der Waals surface area contributed by atoms with Crippen LogP contribution in [0, 0.1) is 6.92 Å². The highest BCUT2D eigenvalue weighted by atomic mass is 35.5. The Morgan fingerprint density at radius 1 is 1.22 bits per heavy atom. The summed E-state index contributed by atoms with van der Waals surface area (Å²) in [6, 6.07) is 7.73. The summed E-state index contributed by atoms with van der Waals surface area (Å²) in [5.41, 5.74) is 1.99. The zero-order chi connectivity index (χ0) is 12.3. The lowest BCUT2D eigenvalue weighted by atomic mass is 10.2. The SMILES string of the molecule is Cc1nnc2c3c(oc4ccccc43)c(Cl)nn12. The molecule has 18 heavy (non-hydrogen) atoms. The smallest absolute Gasteiger partial charge is 0.193 e. The monoisotopic (exact) mass is 258 g/mol. The molecule has 0 fully saturated rings. The van der Waals surface area contributed by atoms with Crippen LogP contribution in [0.4, 0.5) is 0 Å². The molecule has 0 saturated carbocycles. The number of halogens is 1. The molecular weight excluding hydrogens is 252 g/mol. The molecule has 0 N–H and O–H groups in total. The van der Waals surface area contributed by atoms with Gasteiger partial charge in [0.15, 0.2) is 22.2 Å². The van der Waals surface area contributed by atoms with Crippen LogP contribution in [0.15, 0.2) is 28.7 Å². The standard InChI is InChI=1S/C12H7ClN4O/c1-6-14-15-12-9-7-4-2-3-5-8(7)18-10(9)11(13)16-17(6)12/h2-5H,1H3. The molecule has 3 heterocycles. The number of hydrogen-bond donors (Lipinski definition) is 0. The number of nitrogens with zero attached hydrogens (tertiary/aromatic N) is 4. The summed E-state index contributed by atoms with van der Waals surface area (Å²) in [5, 5.41) is 14.5. The third-order valence-corrected chi connectivity index (χ3v) is 3.24. The van der Waals surface area contributed by atoms with Crippen molar-refractivity contribution in [3.8, 4) is 0 Å². The van der Waals surface area contributed by atoms with E-state index in [1.165, 1.54) is 0 Å². The highest BCUT2D eigenvalue weighted by Gasteiger charge is 2.17. The van der Waals surface area contributed by atoms with Crippen LogP contribution in [-0.4, -0.2) is 19.8 Å². The fraction of sp³-hybridized carbons (Fsp3) is 0.0833. The minimum atomic E-state index is 0.316. The van der Waals surface area contributed by atoms with Gasteiger partial charge < -0.3 is 4.42 Å². The Hall–Kier alpha value is -2.14. The van der Waals surface area contributed by atoms with Crippen molar-refractivity contribution in [1.29, 1.82) is 0 Å². The van der Waals surface area contributed by atoms with Gasteiger partial charge in [0.1, 0.15) is 5.58 Å². The predicted molar refractivity (Wildman–Crippen MR) is 67.8 cm³/mol. The maximum Gasteiger partial charge on any atom is 0.193 e. The Balaban J connectivity index is 2.41. The summed E-state index contributed by atoms with van der Waals surface area (Å²) in [6.45, 7) is 1.83. The number of benzene rings is 1. The first-order valence-corrected chi connectivity index (χ1v) is 5.82. The van der Waals surface area contributed by atoms with Crippen LogP contribution < -0.4 is 0 Å². The molecule has 0 bridgehead atoms. The summed E-state index contributed by atoms with van der Waals surface area (Å²) < 4.78 is 7.36. The minimum Gasteiger partial charge on any atom is -0.453 e. The van der Waals surface area contributed by atoms with Crippen LogP contribution in [0.3, 0.4) is 0 Å². The molecule has 5 nitrogen and oxygen atoms in total. The molecule has 4 aromatic rings. The summed E-state index contributed by atoms with van der Waals surface area (Å²) in [5.74, 6) is 0.694. The highest BCUT2D eigenvalue weighted by Crippen LogP contribution is 2.34. The summed E-state index contributed by atoms with van der Waals surface area (Å²) in [4.78, 5) is 0. The van der Waals surface area contributed by atoms with Crippen LogP contribution in [-0.2, 0) is 0 Å². The van der Waals surface area contributed by atoms with Gasteiger partial charge >= 0.3 is 0 Å². The van der Waals surface area contributed by atoms with Crippen LogP contribution in [0.1, 0.15) is 5.82 Å². The Morgan fingerprint density at radius 2 is 2.06 bits per heavy atom. The molecule has 1 aromatic carbocycles. The highest BCUT2D eigenvalue weighted by molar-refractivity contribution is 6.35. The van der Waals surface area contributed by atoms with Gasteiger partial charge in [0.25, 0.3) is 0 Å². The van der Waals surface area contributed by atoms with Crippen molar-refractivity contribution in [2.45, 2.75) is 6.92 Å². The lowest BCUT2D eigenvalue weighted by Gasteiger charge is -1.96. The number of aromatic nitrogens is 4. The number of furan rings is 1. The minimum absolute atomic E-state index is 0.316. The Morgan fingerprint density at radius 3 is 2.94 bits per heavy atom. The third-order valence-electron chi connectivity index (χ3n) is 2.99. The molecule has 4 rings (SSSR count). The van der Waals surface area contributed by atoms with Crippen molar-refractivity contribution in [1.82, 2.24) is 19.8 Å². The number of hydrogen-bond acceptors (Lipinski definition) is 4. The zero-order valence-corrected chi connectivity index (χ0v) is 10.1. The molecular formula is C12H7ClN4O. The van der Waals surface area contributed by atoms with Gasteiger partial charge in [-0.2, -0.15) is 4.52 Å². The number of rotatable bonds is 0. The van der Waals surface area contributed by atoms with Gasteiger partial charge in [-0.3, -0.25) is 0 Å². The maximum atomic E-state index is 6.16. The molecule has 3 aromatic heterocycles. The van der Waals surface area contributed by atoms with Crippen molar-refractivity contribution >= 4 is 39.2 Å². The third kappa shape index (κ3) is 1.09. The first-order valence-electron chi connectivity index (χ1n) is 5.44. The lowest BCUT2D eigenvalue weighted by Crippen LogP contribution is -1.95. The van der Waals surface area contributed by atoms with Gasteiger partial charge in [-0.05, 0) is 13.0 Å². The van der Waals surface area contributed by atoms with E-state index in [4.69, 9.17) is 16.0 Å². The number of fused-ring (bicyclic) bond motifs is 5. The second kappa shape index (κ2) is 3.20. The van der Waals surface area contributed by atoms with E-state index in [-0.39, 0.29) is 0 Å². The normalized spacial score (nSPS) is 11.9. The predicted octanol–water partition coefficient (Wildman–Crippen LogP) is 2.99. The largest absolute Gasteiger partial charge is 0.453 e. The van der Waals surface area contributed by atoms with Crippen LogP contribution in [0.5, 0.6) is 0 Å². The summed E-state index contributed by atoms with van der Waals surface area (Å²) >= 11 is 6.16. The van der Waals surface area contributed by atoms with Gasteiger partial charge in [0.2, 0.25) is 0 Å². The topological polar surface area (TPSA) is 56.2 Å². The Kier molecular flexibility index (Phi) is 1.75. The first-order chi connectivity index (χ1) is 8.75. The number of aryl methyl sites for hydroxylation is 1. The van der Waals surface area contributed by atoms with E-state index in [0.717, 1.165) is 16.4 Å².